The Balaban J connectivity index is 0.000000321. The summed E-state index contributed by atoms with van der Waals surface area (Å²) >= 11 is 0. The number of hydrogen-bond donors (Lipinski definition) is 1. The average Bonchev–Trinajstić information content (AvgIpc) is 3.02. The zero-order valence-electron chi connectivity index (χ0n) is 16.9. The first-order chi connectivity index (χ1) is 12.9. The fraction of sp³-hybridized carbons (Fsp3) is 0.571. The minimum Gasteiger partial charge on any atom is -0.462 e. The number of nitrogens with one attached hydrogen (secondary N) is 1. The molecule has 2 aromatic rings. The second-order valence-corrected chi connectivity index (χ2v) is 7.94. The Kier molecular flexibility index (Phi) is 7.98. The van der Waals surface area contributed by atoms with Gasteiger partial charge < -0.3 is 10.1 Å². The third kappa shape index (κ3) is 7.51. The minimum absolute atomic E-state index is 0.318. The average molecular weight is 373 g/mol. The molecule has 0 saturated carbocycles. The Labute approximate surface area is 162 Å². The van der Waals surface area contributed by atoms with E-state index in [1.807, 2.05) is 57.0 Å². The van der Waals surface area contributed by atoms with Gasteiger partial charge in [0.25, 0.3) is 6.47 Å². The van der Waals surface area contributed by atoms with Crippen molar-refractivity contribution in [3.8, 4) is 11.3 Å². The van der Waals surface area contributed by atoms with Gasteiger partial charge in [0, 0.05) is 25.0 Å². The third-order valence-electron chi connectivity index (χ3n) is 4.58. The molecule has 1 aliphatic rings. The third-order valence-corrected chi connectivity index (χ3v) is 4.58. The molecule has 3 heterocycles. The summed E-state index contributed by atoms with van der Waals surface area (Å²) in [5.74, 6) is 0.864. The zero-order valence-corrected chi connectivity index (χ0v) is 16.9. The molecule has 0 spiro atoms. The van der Waals surface area contributed by atoms with E-state index in [0.29, 0.717) is 6.47 Å². The Morgan fingerprint density at radius 2 is 1.93 bits per heavy atom. The standard InChI is InChI=1S/C16H22N4.C5H10O2/c1-20-16(14-6-10-18-11-7-14)12-15(19-20)3-2-13-4-8-17-9-5-13;1-5(2,3)7-4-6/h6-7,10-13,17H,2-5,8-9H2,1H3;4H,1-3H3. The highest BCUT2D eigenvalue weighted by Crippen LogP contribution is 2.22. The maximum atomic E-state index is 9.60. The lowest BCUT2D eigenvalue weighted by molar-refractivity contribution is -0.138. The molecule has 2 aromatic heterocycles. The molecular formula is C21H32N4O2. The van der Waals surface area contributed by atoms with Gasteiger partial charge in [-0.25, -0.2) is 0 Å². The Morgan fingerprint density at radius 1 is 1.26 bits per heavy atom. The summed E-state index contributed by atoms with van der Waals surface area (Å²) < 4.78 is 6.53. The smallest absolute Gasteiger partial charge is 0.293 e. The van der Waals surface area contributed by atoms with Crippen LogP contribution in [0.15, 0.2) is 30.6 Å². The van der Waals surface area contributed by atoms with Gasteiger partial charge in [0.1, 0.15) is 5.60 Å². The Bertz CT molecular complexity index is 686. The second-order valence-electron chi connectivity index (χ2n) is 7.94. The van der Waals surface area contributed by atoms with Crippen LogP contribution < -0.4 is 5.32 Å². The van der Waals surface area contributed by atoms with Gasteiger partial charge in [-0.1, -0.05) is 0 Å². The number of piperidine rings is 1. The zero-order chi connectivity index (χ0) is 19.7. The quantitative estimate of drug-likeness (QED) is 0.815. The number of carbonyl (C=O) groups excluding carboxylic acids is 1. The first-order valence-corrected chi connectivity index (χ1v) is 9.64. The summed E-state index contributed by atoms with van der Waals surface area (Å²) in [7, 11) is 2.02. The molecule has 0 aliphatic carbocycles. The number of carbonyl (C=O) groups is 1. The molecule has 6 heteroatoms. The molecule has 27 heavy (non-hydrogen) atoms. The van der Waals surface area contributed by atoms with E-state index in [1.165, 1.54) is 49.3 Å². The SMILES string of the molecule is CC(C)(C)OC=O.Cn1nc(CCC2CCNCC2)cc1-c1ccncc1. The van der Waals surface area contributed by atoms with Crippen molar-refractivity contribution in [2.45, 2.75) is 52.1 Å². The first kappa shape index (κ1) is 21.1. The molecule has 0 bridgehead atoms. The molecule has 0 radical (unpaired) electrons. The normalized spacial score (nSPS) is 15.0. The summed E-state index contributed by atoms with van der Waals surface area (Å²) in [6, 6.07) is 6.29. The van der Waals surface area contributed by atoms with Gasteiger partial charge in [-0.3, -0.25) is 14.5 Å². The lowest BCUT2D eigenvalue weighted by atomic mass is 9.92. The number of hydrogen-bond acceptors (Lipinski definition) is 5. The number of rotatable bonds is 5. The predicted octanol–water partition coefficient (Wildman–Crippen LogP) is 3.37. The number of pyridine rings is 1. The molecular weight excluding hydrogens is 340 g/mol. The largest absolute Gasteiger partial charge is 0.462 e. The van der Waals surface area contributed by atoms with Gasteiger partial charge in [-0.05, 0) is 83.7 Å². The summed E-state index contributed by atoms with van der Waals surface area (Å²) in [5, 5.41) is 8.07. The predicted molar refractivity (Wildman–Crippen MR) is 107 cm³/mol. The summed E-state index contributed by atoms with van der Waals surface area (Å²) in [4.78, 5) is 13.7. The number of nitrogens with zero attached hydrogens (tertiary/aromatic N) is 3. The highest BCUT2D eigenvalue weighted by atomic mass is 16.5. The van der Waals surface area contributed by atoms with E-state index in [2.05, 4.69) is 26.2 Å². The van der Waals surface area contributed by atoms with E-state index in [1.54, 1.807) is 0 Å². The van der Waals surface area contributed by atoms with Crippen LogP contribution in [0.5, 0.6) is 0 Å². The summed E-state index contributed by atoms with van der Waals surface area (Å²) in [5.41, 5.74) is 3.25. The van der Waals surface area contributed by atoms with Crippen LogP contribution in [-0.2, 0) is 23.0 Å². The van der Waals surface area contributed by atoms with Crippen LogP contribution in [-0.4, -0.2) is 39.9 Å². The molecule has 1 N–H and O–H groups in total. The van der Waals surface area contributed by atoms with Crippen molar-refractivity contribution in [1.29, 1.82) is 0 Å². The van der Waals surface area contributed by atoms with Crippen LogP contribution in [0.4, 0.5) is 0 Å². The van der Waals surface area contributed by atoms with Crippen LogP contribution in [0.25, 0.3) is 11.3 Å². The van der Waals surface area contributed by atoms with E-state index in [-0.39, 0.29) is 5.60 Å². The molecule has 3 rings (SSSR count). The number of aryl methyl sites for hydroxylation is 2. The van der Waals surface area contributed by atoms with Gasteiger partial charge in [0.15, 0.2) is 0 Å². The molecule has 1 fully saturated rings. The van der Waals surface area contributed by atoms with Crippen molar-refractivity contribution in [3.05, 3.63) is 36.3 Å². The van der Waals surface area contributed by atoms with Crippen molar-refractivity contribution in [3.63, 3.8) is 0 Å². The van der Waals surface area contributed by atoms with E-state index in [4.69, 9.17) is 0 Å². The summed E-state index contributed by atoms with van der Waals surface area (Å²) in [6.07, 6.45) is 8.63. The topological polar surface area (TPSA) is 69.0 Å². The minimum atomic E-state index is -0.318. The molecule has 6 nitrogen and oxygen atoms in total. The van der Waals surface area contributed by atoms with E-state index >= 15 is 0 Å². The fourth-order valence-corrected chi connectivity index (χ4v) is 3.11. The van der Waals surface area contributed by atoms with Crippen LogP contribution in [0.2, 0.25) is 0 Å². The van der Waals surface area contributed by atoms with E-state index in [0.717, 1.165) is 12.3 Å². The van der Waals surface area contributed by atoms with Gasteiger partial charge >= 0.3 is 0 Å². The number of aromatic nitrogens is 3. The van der Waals surface area contributed by atoms with Gasteiger partial charge in [-0.2, -0.15) is 5.10 Å². The Hall–Kier alpha value is -2.21. The van der Waals surface area contributed by atoms with E-state index in [9.17, 15) is 4.79 Å². The fourth-order valence-electron chi connectivity index (χ4n) is 3.11. The number of ether oxygens (including phenoxy) is 1. The van der Waals surface area contributed by atoms with Gasteiger partial charge in [0.05, 0.1) is 11.4 Å². The van der Waals surface area contributed by atoms with Gasteiger partial charge in [0.2, 0.25) is 0 Å². The second kappa shape index (κ2) is 10.2. The van der Waals surface area contributed by atoms with Crippen LogP contribution in [0.1, 0.15) is 45.7 Å². The van der Waals surface area contributed by atoms with Crippen LogP contribution >= 0.6 is 0 Å². The van der Waals surface area contributed by atoms with Crippen molar-refractivity contribution in [1.82, 2.24) is 20.1 Å². The molecule has 0 unspecified atom stereocenters. The highest BCUT2D eigenvalue weighted by molar-refractivity contribution is 5.59. The van der Waals surface area contributed by atoms with Crippen molar-refractivity contribution < 1.29 is 9.53 Å². The van der Waals surface area contributed by atoms with E-state index < -0.39 is 0 Å². The van der Waals surface area contributed by atoms with Crippen molar-refractivity contribution in [2.24, 2.45) is 13.0 Å². The Morgan fingerprint density at radius 3 is 2.48 bits per heavy atom. The van der Waals surface area contributed by atoms with Crippen molar-refractivity contribution >= 4 is 6.47 Å². The van der Waals surface area contributed by atoms with Crippen LogP contribution in [0.3, 0.4) is 0 Å². The maximum Gasteiger partial charge on any atom is 0.293 e. The lowest BCUT2D eigenvalue weighted by Gasteiger charge is -2.21. The highest BCUT2D eigenvalue weighted by Gasteiger charge is 2.14. The molecule has 0 amide bonds. The first-order valence-electron chi connectivity index (χ1n) is 9.64. The molecule has 148 valence electrons. The monoisotopic (exact) mass is 372 g/mol. The maximum absolute atomic E-state index is 9.60. The summed E-state index contributed by atoms with van der Waals surface area (Å²) in [6.45, 7) is 8.27. The van der Waals surface area contributed by atoms with Gasteiger partial charge in [-0.15, -0.1) is 0 Å². The molecule has 1 aliphatic heterocycles. The van der Waals surface area contributed by atoms with Crippen molar-refractivity contribution in [2.75, 3.05) is 13.1 Å². The lowest BCUT2D eigenvalue weighted by Crippen LogP contribution is -2.27. The molecule has 1 saturated heterocycles. The molecule has 0 aromatic carbocycles. The van der Waals surface area contributed by atoms with Crippen LogP contribution in [0, 0.1) is 5.92 Å². The molecule has 0 atom stereocenters.